The topological polar surface area (TPSA) is 69.4 Å². The second-order valence-electron chi connectivity index (χ2n) is 10.1. The molecule has 0 heterocycles. The number of hydrogen-bond donors (Lipinski definition) is 1. The molecular formula is C24H32ClF2NO3SSi. The minimum absolute atomic E-state index is 0.0180. The zero-order chi connectivity index (χ0) is 24.4. The van der Waals surface area contributed by atoms with Crippen molar-refractivity contribution in [3.8, 4) is 0 Å². The molecule has 0 amide bonds. The molecule has 0 bridgehead atoms. The third kappa shape index (κ3) is 5.85. The fourth-order valence-electron chi connectivity index (χ4n) is 4.43. The molecule has 0 aliphatic heterocycles. The van der Waals surface area contributed by atoms with Crippen LogP contribution in [0, 0.1) is 17.6 Å². The van der Waals surface area contributed by atoms with Crippen molar-refractivity contribution < 1.29 is 21.9 Å². The summed E-state index contributed by atoms with van der Waals surface area (Å²) in [5.41, 5.74) is 6.21. The second kappa shape index (κ2) is 10.1. The molecule has 1 fully saturated rings. The first kappa shape index (κ1) is 26.3. The molecule has 3 atom stereocenters. The minimum atomic E-state index is -4.11. The summed E-state index contributed by atoms with van der Waals surface area (Å²) in [4.78, 5) is 0.0180. The van der Waals surface area contributed by atoms with Gasteiger partial charge in [-0.1, -0.05) is 31.2 Å². The average Bonchev–Trinajstić information content (AvgIpc) is 2.74. The molecule has 0 saturated heterocycles. The quantitative estimate of drug-likeness (QED) is 0.358. The Morgan fingerprint density at radius 3 is 2.45 bits per heavy atom. The summed E-state index contributed by atoms with van der Waals surface area (Å²) in [6.07, 6.45) is 0.488. The maximum atomic E-state index is 15.1. The summed E-state index contributed by atoms with van der Waals surface area (Å²) in [7, 11) is -5.40. The van der Waals surface area contributed by atoms with Crippen molar-refractivity contribution in [3.63, 3.8) is 0 Å². The largest absolute Gasteiger partial charge is 0.381 e. The summed E-state index contributed by atoms with van der Waals surface area (Å²) >= 11 is 5.96. The lowest BCUT2D eigenvalue weighted by molar-refractivity contribution is 0.0753. The zero-order valence-electron chi connectivity index (χ0n) is 19.3. The first-order valence-electron chi connectivity index (χ1n) is 11.1. The number of rotatable bonds is 8. The Morgan fingerprint density at radius 1 is 1.15 bits per heavy atom. The number of ether oxygens (including phenoxy) is 1. The Hall–Kier alpha value is -1.32. The summed E-state index contributed by atoms with van der Waals surface area (Å²) in [6.45, 7) is 7.60. The summed E-state index contributed by atoms with van der Waals surface area (Å²) in [5, 5.41) is 0.388. The zero-order valence-corrected chi connectivity index (χ0v) is 21.9. The van der Waals surface area contributed by atoms with Crippen molar-refractivity contribution in [2.45, 2.75) is 60.6 Å². The van der Waals surface area contributed by atoms with Crippen molar-refractivity contribution >= 4 is 29.5 Å². The standard InChI is InChI=1S/C24H32ClF2NO3SSi/c1-33(2,3)13-12-31-16-17-15-24(11-10-23(17)28,21-14-19(26)6-9-22(21)27)32(29,30)20-7-4-18(25)5-8-20/h4-9,14,17,23H,10-13,15-16,28H2,1-3H3/t17-,23-,24+/m0/s1. The Morgan fingerprint density at radius 2 is 1.82 bits per heavy atom. The van der Waals surface area contributed by atoms with E-state index >= 15 is 4.39 Å². The van der Waals surface area contributed by atoms with Crippen molar-refractivity contribution in [2.24, 2.45) is 11.7 Å². The van der Waals surface area contributed by atoms with Crippen LogP contribution in [0.15, 0.2) is 47.4 Å². The van der Waals surface area contributed by atoms with Crippen molar-refractivity contribution in [2.75, 3.05) is 13.2 Å². The molecule has 3 rings (SSSR count). The Bertz CT molecular complexity index is 1080. The van der Waals surface area contributed by atoms with Gasteiger partial charge in [-0.25, -0.2) is 17.2 Å². The van der Waals surface area contributed by atoms with E-state index in [2.05, 4.69) is 19.6 Å². The molecule has 1 saturated carbocycles. The van der Waals surface area contributed by atoms with E-state index in [1.54, 1.807) is 0 Å². The fraction of sp³-hybridized carbons (Fsp3) is 0.500. The van der Waals surface area contributed by atoms with Gasteiger partial charge >= 0.3 is 0 Å². The molecule has 0 spiro atoms. The van der Waals surface area contributed by atoms with Crippen LogP contribution in [0.1, 0.15) is 24.8 Å². The summed E-state index contributed by atoms with van der Waals surface area (Å²) < 4.78 is 61.5. The van der Waals surface area contributed by atoms with Gasteiger partial charge in [-0.05, 0) is 73.7 Å². The van der Waals surface area contributed by atoms with E-state index < -0.39 is 34.3 Å². The first-order chi connectivity index (χ1) is 15.4. The van der Waals surface area contributed by atoms with Gasteiger partial charge in [-0.15, -0.1) is 0 Å². The Kier molecular flexibility index (Phi) is 8.06. The lowest BCUT2D eigenvalue weighted by Crippen LogP contribution is -2.49. The number of benzene rings is 2. The molecule has 1 aliphatic rings. The fourth-order valence-corrected chi connectivity index (χ4v) is 7.52. The molecule has 9 heteroatoms. The molecule has 0 radical (unpaired) electrons. The SMILES string of the molecule is C[Si](C)(C)CCOC[C@@H]1C[C@](c2cc(F)ccc2F)(S(=O)(=O)c2ccc(Cl)cc2)CC[C@@H]1N. The smallest absolute Gasteiger partial charge is 0.188 e. The van der Waals surface area contributed by atoms with E-state index in [4.69, 9.17) is 22.1 Å². The minimum Gasteiger partial charge on any atom is -0.381 e. The highest BCUT2D eigenvalue weighted by atomic mass is 35.5. The molecule has 182 valence electrons. The number of halogens is 3. The predicted octanol–water partition coefficient (Wildman–Crippen LogP) is 5.77. The van der Waals surface area contributed by atoms with Crippen LogP contribution in [0.2, 0.25) is 30.7 Å². The van der Waals surface area contributed by atoms with Crippen molar-refractivity contribution in [1.29, 1.82) is 0 Å². The van der Waals surface area contributed by atoms with E-state index in [0.29, 0.717) is 18.1 Å². The van der Waals surface area contributed by atoms with Crippen LogP contribution in [0.3, 0.4) is 0 Å². The number of hydrogen-bond acceptors (Lipinski definition) is 4. The maximum absolute atomic E-state index is 15.1. The van der Waals surface area contributed by atoms with Gasteiger partial charge in [0.2, 0.25) is 0 Å². The molecule has 2 N–H and O–H groups in total. The molecule has 2 aromatic carbocycles. The molecule has 1 aliphatic carbocycles. The van der Waals surface area contributed by atoms with Gasteiger partial charge in [-0.2, -0.15) is 0 Å². The van der Waals surface area contributed by atoms with Crippen LogP contribution in [0.5, 0.6) is 0 Å². The van der Waals surface area contributed by atoms with Gasteiger partial charge in [0.25, 0.3) is 0 Å². The van der Waals surface area contributed by atoms with Gasteiger partial charge in [-0.3, -0.25) is 0 Å². The average molecular weight is 516 g/mol. The van der Waals surface area contributed by atoms with Crippen LogP contribution in [-0.4, -0.2) is 35.7 Å². The highest BCUT2D eigenvalue weighted by Crippen LogP contribution is 2.49. The van der Waals surface area contributed by atoms with Crippen molar-refractivity contribution in [3.05, 3.63) is 64.7 Å². The Balaban J connectivity index is 2.02. The molecule has 4 nitrogen and oxygen atoms in total. The highest BCUT2D eigenvalue weighted by molar-refractivity contribution is 7.92. The molecule has 0 aromatic heterocycles. The van der Waals surface area contributed by atoms with Crippen LogP contribution < -0.4 is 5.73 Å². The third-order valence-electron chi connectivity index (χ3n) is 6.46. The first-order valence-corrected chi connectivity index (χ1v) is 16.7. The van der Waals surface area contributed by atoms with Gasteiger partial charge in [0.15, 0.2) is 9.84 Å². The van der Waals surface area contributed by atoms with E-state index in [1.165, 1.54) is 24.3 Å². The Labute approximate surface area is 201 Å². The summed E-state index contributed by atoms with van der Waals surface area (Å²) in [5.74, 6) is -1.75. The van der Waals surface area contributed by atoms with Gasteiger partial charge in [0, 0.05) is 31.3 Å². The predicted molar refractivity (Wildman–Crippen MR) is 131 cm³/mol. The number of sulfone groups is 1. The van der Waals surface area contributed by atoms with E-state index in [1.807, 2.05) is 0 Å². The van der Waals surface area contributed by atoms with Gasteiger partial charge in [0.1, 0.15) is 16.4 Å². The lowest BCUT2D eigenvalue weighted by atomic mass is 9.74. The van der Waals surface area contributed by atoms with Gasteiger partial charge < -0.3 is 10.5 Å². The monoisotopic (exact) mass is 515 g/mol. The van der Waals surface area contributed by atoms with E-state index in [9.17, 15) is 12.8 Å². The van der Waals surface area contributed by atoms with Crippen LogP contribution in [0.4, 0.5) is 8.78 Å². The number of nitrogens with two attached hydrogens (primary N) is 1. The second-order valence-corrected chi connectivity index (χ2v) is 18.4. The van der Waals surface area contributed by atoms with E-state index in [-0.39, 0.29) is 41.9 Å². The maximum Gasteiger partial charge on any atom is 0.188 e. The molecule has 2 aromatic rings. The normalized spacial score (nSPS) is 24.1. The van der Waals surface area contributed by atoms with Crippen molar-refractivity contribution in [1.82, 2.24) is 0 Å². The van der Waals surface area contributed by atoms with Crippen LogP contribution in [0.25, 0.3) is 0 Å². The third-order valence-corrected chi connectivity index (χ3v) is 10.9. The summed E-state index contributed by atoms with van der Waals surface area (Å²) in [6, 6.07) is 9.44. The molecule has 33 heavy (non-hydrogen) atoms. The molecule has 0 unspecified atom stereocenters. The highest BCUT2D eigenvalue weighted by Gasteiger charge is 2.52. The molecular weight excluding hydrogens is 484 g/mol. The van der Waals surface area contributed by atoms with Crippen LogP contribution >= 0.6 is 11.6 Å². The van der Waals surface area contributed by atoms with E-state index in [0.717, 1.165) is 24.2 Å². The van der Waals surface area contributed by atoms with Crippen LogP contribution in [-0.2, 0) is 19.3 Å². The lowest BCUT2D eigenvalue weighted by Gasteiger charge is -2.43. The van der Waals surface area contributed by atoms with Gasteiger partial charge in [0.05, 0.1) is 11.5 Å².